The zero-order valence-electron chi connectivity index (χ0n) is 22.1. The number of unbranched alkanes of at least 4 members (excludes halogenated alkanes) is 1. The van der Waals surface area contributed by atoms with E-state index in [4.69, 9.17) is 4.42 Å². The molecular formula is C34H37FO2. The zero-order chi connectivity index (χ0) is 25.8. The normalized spacial score (nSPS) is 17.8. The van der Waals surface area contributed by atoms with Crippen LogP contribution < -0.4 is 5.63 Å². The molecule has 4 aromatic rings. The Morgan fingerprint density at radius 3 is 2.11 bits per heavy atom. The van der Waals surface area contributed by atoms with Crippen molar-refractivity contribution >= 4 is 10.8 Å². The van der Waals surface area contributed by atoms with Crippen LogP contribution in [0.2, 0.25) is 0 Å². The molecular weight excluding hydrogens is 459 g/mol. The van der Waals surface area contributed by atoms with Gasteiger partial charge in [-0.15, -0.1) is 0 Å². The zero-order valence-corrected chi connectivity index (χ0v) is 22.1. The molecule has 0 atom stereocenters. The van der Waals surface area contributed by atoms with Crippen molar-refractivity contribution in [1.82, 2.24) is 0 Å². The minimum atomic E-state index is -0.566. The molecule has 3 heteroatoms. The van der Waals surface area contributed by atoms with Crippen LogP contribution in [0.4, 0.5) is 4.39 Å². The first-order chi connectivity index (χ1) is 18.1. The average molecular weight is 497 g/mol. The lowest BCUT2D eigenvalue weighted by atomic mass is 9.78. The summed E-state index contributed by atoms with van der Waals surface area (Å²) >= 11 is 0. The number of fused-ring (bicyclic) bond motifs is 1. The summed E-state index contributed by atoms with van der Waals surface area (Å²) in [7, 11) is 0. The van der Waals surface area contributed by atoms with Crippen molar-refractivity contribution < 1.29 is 8.81 Å². The van der Waals surface area contributed by atoms with Gasteiger partial charge < -0.3 is 4.42 Å². The molecule has 0 amide bonds. The smallest absolute Gasteiger partial charge is 0.346 e. The number of halogens is 1. The van der Waals surface area contributed by atoms with Crippen molar-refractivity contribution in [2.75, 3.05) is 0 Å². The van der Waals surface area contributed by atoms with Gasteiger partial charge in [-0.05, 0) is 71.7 Å². The molecule has 1 heterocycles. The van der Waals surface area contributed by atoms with Crippen molar-refractivity contribution in [2.45, 2.75) is 77.6 Å². The number of aryl methyl sites for hydroxylation is 1. The van der Waals surface area contributed by atoms with Gasteiger partial charge in [0, 0.05) is 11.5 Å². The van der Waals surface area contributed by atoms with Crippen LogP contribution in [0, 0.1) is 11.7 Å². The minimum absolute atomic E-state index is 0.0495. The molecule has 5 rings (SSSR count). The Kier molecular flexibility index (Phi) is 7.88. The molecule has 0 bridgehead atoms. The highest BCUT2D eigenvalue weighted by atomic mass is 19.1. The van der Waals surface area contributed by atoms with E-state index in [1.165, 1.54) is 37.7 Å². The van der Waals surface area contributed by atoms with E-state index < -0.39 is 11.4 Å². The molecule has 0 N–H and O–H groups in total. The van der Waals surface area contributed by atoms with E-state index in [0.717, 1.165) is 48.3 Å². The maximum Gasteiger partial charge on any atom is 0.346 e. The van der Waals surface area contributed by atoms with E-state index in [2.05, 4.69) is 38.1 Å². The summed E-state index contributed by atoms with van der Waals surface area (Å²) in [5, 5.41) is 0.679. The molecule has 37 heavy (non-hydrogen) atoms. The summed E-state index contributed by atoms with van der Waals surface area (Å²) < 4.78 is 21.4. The van der Waals surface area contributed by atoms with Crippen LogP contribution in [-0.2, 0) is 6.42 Å². The summed E-state index contributed by atoms with van der Waals surface area (Å²) in [4.78, 5) is 13.0. The predicted octanol–water partition coefficient (Wildman–Crippen LogP) is 9.68. The Bertz CT molecular complexity index is 1390. The highest BCUT2D eigenvalue weighted by Crippen LogP contribution is 2.38. The average Bonchev–Trinajstić information content (AvgIpc) is 2.93. The lowest BCUT2D eigenvalue weighted by Gasteiger charge is -2.27. The Morgan fingerprint density at radius 1 is 0.811 bits per heavy atom. The standard InChI is InChI=1S/C34H37FO2/c1-3-5-7-24-10-14-28(15-11-24)31-22-29-20-21-30(33(35)32(29)34(36)37-31)27-18-16-26(17-19-27)25-12-8-23(6-4-2)9-13-25/h8-9,12-13,16-22,24,28H,3-7,10-11,14-15H2,1-2H3. The van der Waals surface area contributed by atoms with Crippen LogP contribution in [-0.4, -0.2) is 0 Å². The van der Waals surface area contributed by atoms with E-state index in [9.17, 15) is 4.79 Å². The van der Waals surface area contributed by atoms with E-state index in [1.807, 2.05) is 36.4 Å². The maximum atomic E-state index is 15.6. The van der Waals surface area contributed by atoms with Gasteiger partial charge in [0.2, 0.25) is 0 Å². The number of rotatable bonds is 8. The van der Waals surface area contributed by atoms with Crippen molar-refractivity contribution in [3.63, 3.8) is 0 Å². The van der Waals surface area contributed by atoms with Crippen LogP contribution in [0.1, 0.15) is 82.5 Å². The van der Waals surface area contributed by atoms with Gasteiger partial charge in [-0.3, -0.25) is 0 Å². The SMILES string of the molecule is CCCCC1CCC(c2cc3ccc(-c4ccc(-c5ccc(CCC)cc5)cc4)c(F)c3c(=O)o2)CC1. The molecule has 0 radical (unpaired) electrons. The molecule has 1 aliphatic carbocycles. The quantitative estimate of drug-likeness (QED) is 0.243. The molecule has 0 unspecified atom stereocenters. The first kappa shape index (κ1) is 25.4. The first-order valence-corrected chi connectivity index (χ1v) is 14.0. The third kappa shape index (κ3) is 5.56. The predicted molar refractivity (Wildman–Crippen MR) is 152 cm³/mol. The Hall–Kier alpha value is -3.20. The van der Waals surface area contributed by atoms with Crippen LogP contribution in [0.3, 0.4) is 0 Å². The summed E-state index contributed by atoms with van der Waals surface area (Å²) in [6, 6.07) is 22.0. The van der Waals surface area contributed by atoms with Crippen LogP contribution in [0.15, 0.2) is 75.9 Å². The molecule has 0 spiro atoms. The van der Waals surface area contributed by atoms with E-state index in [1.54, 1.807) is 6.07 Å². The molecule has 1 aromatic heterocycles. The molecule has 0 aliphatic heterocycles. The van der Waals surface area contributed by atoms with Gasteiger partial charge >= 0.3 is 5.63 Å². The molecule has 3 aromatic carbocycles. The molecule has 1 aliphatic rings. The van der Waals surface area contributed by atoms with Crippen LogP contribution >= 0.6 is 0 Å². The Labute approximate surface area is 219 Å². The maximum absolute atomic E-state index is 15.6. The number of hydrogen-bond acceptors (Lipinski definition) is 2. The van der Waals surface area contributed by atoms with Crippen molar-refractivity contribution in [3.05, 3.63) is 94.3 Å². The van der Waals surface area contributed by atoms with Gasteiger partial charge in [0.15, 0.2) is 0 Å². The fourth-order valence-electron chi connectivity index (χ4n) is 5.91. The van der Waals surface area contributed by atoms with Gasteiger partial charge in [0.1, 0.15) is 17.0 Å². The van der Waals surface area contributed by atoms with Gasteiger partial charge in [0.05, 0.1) is 0 Å². The second-order valence-electron chi connectivity index (χ2n) is 10.7. The molecule has 1 fully saturated rings. The van der Waals surface area contributed by atoms with E-state index in [0.29, 0.717) is 16.7 Å². The highest BCUT2D eigenvalue weighted by molar-refractivity contribution is 5.87. The van der Waals surface area contributed by atoms with Crippen molar-refractivity contribution in [3.8, 4) is 22.3 Å². The molecule has 0 saturated heterocycles. The summed E-state index contributed by atoms with van der Waals surface area (Å²) in [6.07, 6.45) is 10.5. The van der Waals surface area contributed by atoms with Crippen LogP contribution in [0.5, 0.6) is 0 Å². The topological polar surface area (TPSA) is 30.2 Å². The molecule has 2 nitrogen and oxygen atoms in total. The monoisotopic (exact) mass is 496 g/mol. The van der Waals surface area contributed by atoms with Crippen molar-refractivity contribution in [2.24, 2.45) is 5.92 Å². The van der Waals surface area contributed by atoms with Crippen LogP contribution in [0.25, 0.3) is 33.0 Å². The summed E-state index contributed by atoms with van der Waals surface area (Å²) in [5.41, 5.74) is 4.17. The first-order valence-electron chi connectivity index (χ1n) is 14.0. The van der Waals surface area contributed by atoms with Crippen molar-refractivity contribution in [1.29, 1.82) is 0 Å². The van der Waals surface area contributed by atoms with Gasteiger partial charge in [-0.2, -0.15) is 0 Å². The fourth-order valence-corrected chi connectivity index (χ4v) is 5.91. The second kappa shape index (κ2) is 11.5. The lowest BCUT2D eigenvalue weighted by molar-refractivity contribution is 0.277. The molecule has 1 saturated carbocycles. The second-order valence-corrected chi connectivity index (χ2v) is 10.7. The van der Waals surface area contributed by atoms with Gasteiger partial charge in [-0.1, -0.05) is 100 Å². The third-order valence-corrected chi connectivity index (χ3v) is 8.12. The number of hydrogen-bond donors (Lipinski definition) is 0. The Morgan fingerprint density at radius 2 is 1.46 bits per heavy atom. The lowest BCUT2D eigenvalue weighted by Crippen LogP contribution is -2.15. The summed E-state index contributed by atoms with van der Waals surface area (Å²) in [5.74, 6) is 1.25. The van der Waals surface area contributed by atoms with Gasteiger partial charge in [0.25, 0.3) is 0 Å². The third-order valence-electron chi connectivity index (χ3n) is 8.12. The van der Waals surface area contributed by atoms with E-state index in [-0.39, 0.29) is 11.3 Å². The molecule has 192 valence electrons. The van der Waals surface area contributed by atoms with E-state index >= 15 is 4.39 Å². The fraction of sp³-hybridized carbons (Fsp3) is 0.382. The largest absolute Gasteiger partial charge is 0.427 e. The minimum Gasteiger partial charge on any atom is -0.427 e. The Balaban J connectivity index is 1.37. The summed E-state index contributed by atoms with van der Waals surface area (Å²) in [6.45, 7) is 4.42. The highest BCUT2D eigenvalue weighted by Gasteiger charge is 2.25. The number of benzene rings is 3. The van der Waals surface area contributed by atoms with Gasteiger partial charge in [-0.25, -0.2) is 9.18 Å².